The van der Waals surface area contributed by atoms with Crippen molar-refractivity contribution in [3.05, 3.63) is 83.9 Å². The molecule has 4 heteroatoms. The molecule has 3 nitrogen and oxygen atoms in total. The number of benzene rings is 1. The van der Waals surface area contributed by atoms with Gasteiger partial charge in [-0.25, -0.2) is 0 Å². The first-order valence-electron chi connectivity index (χ1n) is 7.07. The Kier molecular flexibility index (Phi) is 4.17. The van der Waals surface area contributed by atoms with E-state index in [1.165, 1.54) is 11.8 Å². The van der Waals surface area contributed by atoms with Crippen molar-refractivity contribution >= 4 is 28.2 Å². The third kappa shape index (κ3) is 3.27. The Hall–Kier alpha value is -2.59. The highest BCUT2D eigenvalue weighted by Gasteiger charge is 2.22. The minimum atomic E-state index is -0.0606. The molecule has 1 aromatic heterocycles. The number of thioether (sulfide) groups is 1. The van der Waals surface area contributed by atoms with Gasteiger partial charge in [0.15, 0.2) is 5.78 Å². The smallest absolute Gasteiger partial charge is 0.422 e. The Morgan fingerprint density at radius 3 is 2.57 bits per heavy atom. The van der Waals surface area contributed by atoms with Crippen molar-refractivity contribution in [3.8, 4) is 0 Å². The van der Waals surface area contributed by atoms with E-state index in [4.69, 9.17) is 4.42 Å². The number of hydrogen-bond acceptors (Lipinski definition) is 3. The molecule has 0 atom stereocenters. The summed E-state index contributed by atoms with van der Waals surface area (Å²) in [4.78, 5) is 22.9. The van der Waals surface area contributed by atoms with E-state index < -0.39 is 0 Å². The lowest BCUT2D eigenvalue weighted by Crippen LogP contribution is -2.05. The van der Waals surface area contributed by atoms with Crippen LogP contribution in [0.4, 0.5) is 0 Å². The summed E-state index contributed by atoms with van der Waals surface area (Å²) in [5, 5.41) is 0.0921. The number of rotatable bonds is 3. The molecule has 1 aromatic carbocycles. The zero-order valence-electron chi connectivity index (χ0n) is 12.6. The van der Waals surface area contributed by atoms with Crippen LogP contribution in [0.15, 0.2) is 81.7 Å². The summed E-state index contributed by atoms with van der Waals surface area (Å²) < 4.78 is 5.72. The second kappa shape index (κ2) is 6.26. The van der Waals surface area contributed by atoms with Crippen molar-refractivity contribution in [2.45, 2.75) is 11.8 Å². The third-order valence-corrected chi connectivity index (χ3v) is 4.31. The summed E-state index contributed by atoms with van der Waals surface area (Å²) in [6.45, 7) is 5.50. The molecule has 0 aliphatic heterocycles. The van der Waals surface area contributed by atoms with Gasteiger partial charge in [-0.15, -0.1) is 0 Å². The van der Waals surface area contributed by atoms with Gasteiger partial charge in [-0.3, -0.25) is 9.59 Å². The van der Waals surface area contributed by atoms with Crippen molar-refractivity contribution in [2.24, 2.45) is 0 Å². The van der Waals surface area contributed by atoms with Crippen LogP contribution >= 0.6 is 11.8 Å². The molecule has 0 saturated carbocycles. The summed E-state index contributed by atoms with van der Waals surface area (Å²) in [5.41, 5.74) is 1.83. The quantitative estimate of drug-likeness (QED) is 0.478. The topological polar surface area (TPSA) is 51.6 Å². The monoisotopic (exact) mass is 323 g/mol. The van der Waals surface area contributed by atoms with Gasteiger partial charge >= 0.3 is 5.12 Å². The molecule has 114 valence electrons. The number of ketones is 1. The lowest BCUT2D eigenvalue weighted by atomic mass is 9.95. The molecule has 1 N–H and O–H groups in total. The number of furan rings is 1. The SMILES string of the molecule is C=C1C=C(c2ccc(C(=[OH+])Sc3ccccc3)o2)C=C(C)C1=O. The fourth-order valence-electron chi connectivity index (χ4n) is 2.25. The lowest BCUT2D eigenvalue weighted by Gasteiger charge is -2.09. The number of allylic oxidation sites excluding steroid dienone is 5. The van der Waals surface area contributed by atoms with Gasteiger partial charge in [0.2, 0.25) is 5.76 Å². The van der Waals surface area contributed by atoms with E-state index in [1.54, 1.807) is 31.2 Å². The highest BCUT2D eigenvalue weighted by Crippen LogP contribution is 2.29. The summed E-state index contributed by atoms with van der Waals surface area (Å²) in [5.74, 6) is 0.922. The molecule has 0 radical (unpaired) electrons. The molecule has 0 saturated heterocycles. The maximum atomic E-state index is 11.7. The molecule has 23 heavy (non-hydrogen) atoms. The number of hydrogen-bond donors (Lipinski definition) is 0. The Morgan fingerprint density at radius 1 is 1.13 bits per heavy atom. The largest absolute Gasteiger partial charge is 0.446 e. The van der Waals surface area contributed by atoms with Crippen molar-refractivity contribution in [3.63, 3.8) is 0 Å². The van der Waals surface area contributed by atoms with Crippen molar-refractivity contribution in [2.75, 3.05) is 0 Å². The lowest BCUT2D eigenvalue weighted by molar-refractivity contribution is -0.111. The molecule has 1 aliphatic carbocycles. The highest BCUT2D eigenvalue weighted by atomic mass is 32.2. The summed E-state index contributed by atoms with van der Waals surface area (Å²) in [6, 6.07) is 13.1. The average molecular weight is 323 g/mol. The number of carbonyl (C=O) groups excluding carboxylic acids is 2. The zero-order chi connectivity index (χ0) is 16.4. The fraction of sp³-hybridized carbons (Fsp3) is 0.0526. The predicted molar refractivity (Wildman–Crippen MR) is 92.9 cm³/mol. The molecule has 2 aromatic rings. The molecular formula is C19H15O3S+. The van der Waals surface area contributed by atoms with E-state index in [0.717, 1.165) is 10.5 Å². The van der Waals surface area contributed by atoms with E-state index in [9.17, 15) is 9.59 Å². The molecule has 0 amide bonds. The summed E-state index contributed by atoms with van der Waals surface area (Å²) in [6.07, 6.45) is 3.46. The molecule has 0 unspecified atom stereocenters. The van der Waals surface area contributed by atoms with Gasteiger partial charge in [-0.2, -0.15) is 0 Å². The predicted octanol–water partition coefficient (Wildman–Crippen LogP) is 4.39. The normalized spacial score (nSPS) is 14.5. The van der Waals surface area contributed by atoms with E-state index in [-0.39, 0.29) is 10.9 Å². The minimum Gasteiger partial charge on any atom is -0.446 e. The molecule has 1 aliphatic rings. The van der Waals surface area contributed by atoms with Gasteiger partial charge in [-0.1, -0.05) is 24.8 Å². The maximum absolute atomic E-state index is 11.7. The van der Waals surface area contributed by atoms with Gasteiger partial charge in [0.25, 0.3) is 0 Å². The van der Waals surface area contributed by atoms with Crippen LogP contribution in [0.2, 0.25) is 0 Å². The third-order valence-electron chi connectivity index (χ3n) is 3.41. The van der Waals surface area contributed by atoms with Crippen LogP contribution in [0.5, 0.6) is 0 Å². The van der Waals surface area contributed by atoms with Crippen LogP contribution in [0.1, 0.15) is 18.4 Å². The van der Waals surface area contributed by atoms with E-state index in [0.29, 0.717) is 22.7 Å². The molecule has 0 bridgehead atoms. The van der Waals surface area contributed by atoms with Crippen LogP contribution in [0.3, 0.4) is 0 Å². The fourth-order valence-corrected chi connectivity index (χ4v) is 2.97. The van der Waals surface area contributed by atoms with Gasteiger partial charge in [0, 0.05) is 27.8 Å². The van der Waals surface area contributed by atoms with Gasteiger partial charge in [0.1, 0.15) is 5.76 Å². The molecule has 0 spiro atoms. The van der Waals surface area contributed by atoms with Crippen LogP contribution in [0, 0.1) is 0 Å². The maximum Gasteiger partial charge on any atom is 0.422 e. The van der Waals surface area contributed by atoms with Crippen LogP contribution < -0.4 is 0 Å². The summed E-state index contributed by atoms with van der Waals surface area (Å²) >= 11 is 1.23. The first-order valence-corrected chi connectivity index (χ1v) is 7.89. The van der Waals surface area contributed by atoms with Crippen LogP contribution in [0.25, 0.3) is 5.57 Å². The molecule has 0 fully saturated rings. The molecule has 1 heterocycles. The van der Waals surface area contributed by atoms with Crippen molar-refractivity contribution in [1.29, 1.82) is 0 Å². The van der Waals surface area contributed by atoms with Gasteiger partial charge < -0.3 is 4.42 Å². The Balaban J connectivity index is 1.81. The van der Waals surface area contributed by atoms with Gasteiger partial charge in [-0.05, 0) is 48.9 Å². The van der Waals surface area contributed by atoms with Crippen molar-refractivity contribution in [1.82, 2.24) is 0 Å². The summed E-state index contributed by atoms with van der Waals surface area (Å²) in [7, 11) is 0. The first kappa shape index (κ1) is 15.3. The van der Waals surface area contributed by atoms with E-state index in [2.05, 4.69) is 6.58 Å². The Bertz CT molecular complexity index is 854. The average Bonchev–Trinajstić information content (AvgIpc) is 3.03. The van der Waals surface area contributed by atoms with E-state index >= 15 is 0 Å². The zero-order valence-corrected chi connectivity index (χ0v) is 13.4. The highest BCUT2D eigenvalue weighted by molar-refractivity contribution is 8.14. The Morgan fingerprint density at radius 2 is 1.87 bits per heavy atom. The Labute approximate surface area is 138 Å². The minimum absolute atomic E-state index is 0.0606. The number of Topliss-reactive ketones (excluding diaryl/α,β-unsaturated/α-hetero) is 1. The second-order valence-corrected chi connectivity index (χ2v) is 6.23. The first-order chi connectivity index (χ1) is 11.0. The van der Waals surface area contributed by atoms with Crippen LogP contribution in [-0.2, 0) is 4.79 Å². The van der Waals surface area contributed by atoms with Gasteiger partial charge in [0.05, 0.1) is 0 Å². The number of carbonyl (C=O) groups is 1. The second-order valence-electron chi connectivity index (χ2n) is 5.17. The molecule has 3 rings (SSSR count). The molecular weight excluding hydrogens is 308 g/mol. The van der Waals surface area contributed by atoms with Crippen molar-refractivity contribution < 1.29 is 14.0 Å². The van der Waals surface area contributed by atoms with Crippen LogP contribution in [-0.4, -0.2) is 15.7 Å². The van der Waals surface area contributed by atoms with E-state index in [1.807, 2.05) is 30.3 Å². The standard InChI is InChI=1S/C19H14O3S/c1-12-10-14(11-13(2)18(12)20)16-8-9-17(22-16)19(21)23-15-6-4-3-5-7-15/h3-11H,1H2,2H3/p+1.